The molecule has 1 aliphatic carbocycles. The summed E-state index contributed by atoms with van der Waals surface area (Å²) < 4.78 is 5.50. The van der Waals surface area contributed by atoms with Gasteiger partial charge in [0.1, 0.15) is 5.75 Å². The lowest BCUT2D eigenvalue weighted by Crippen LogP contribution is -2.34. The molecule has 3 atom stereocenters. The summed E-state index contributed by atoms with van der Waals surface area (Å²) >= 11 is 0. The molecule has 3 unspecified atom stereocenters. The van der Waals surface area contributed by atoms with Gasteiger partial charge < -0.3 is 15.8 Å². The molecule has 0 aliphatic heterocycles. The second-order valence-corrected chi connectivity index (χ2v) is 6.36. The van der Waals surface area contributed by atoms with Crippen LogP contribution in [0.25, 0.3) is 0 Å². The van der Waals surface area contributed by atoms with Crippen molar-refractivity contribution in [2.45, 2.75) is 31.3 Å². The number of hydrogen-bond donors (Lipinski definition) is 2. The van der Waals surface area contributed by atoms with Gasteiger partial charge in [-0.05, 0) is 30.9 Å². The van der Waals surface area contributed by atoms with Crippen LogP contribution in [0.5, 0.6) is 5.75 Å². The summed E-state index contributed by atoms with van der Waals surface area (Å²) in [6.45, 7) is 0. The van der Waals surface area contributed by atoms with E-state index in [1.165, 1.54) is 0 Å². The van der Waals surface area contributed by atoms with Crippen LogP contribution in [-0.4, -0.2) is 19.1 Å². The molecule has 4 heteroatoms. The van der Waals surface area contributed by atoms with Gasteiger partial charge in [0.05, 0.1) is 13.2 Å². The molecular formula is C20H24N2O2. The molecule has 24 heavy (non-hydrogen) atoms. The second-order valence-electron chi connectivity index (χ2n) is 6.36. The molecule has 1 saturated carbocycles. The fraction of sp³-hybridized carbons (Fsp3) is 0.350. The normalized spacial score (nSPS) is 21.2. The summed E-state index contributed by atoms with van der Waals surface area (Å²) in [7, 11) is 1.65. The third kappa shape index (κ3) is 3.60. The van der Waals surface area contributed by atoms with E-state index in [-0.39, 0.29) is 23.9 Å². The average Bonchev–Trinajstić information content (AvgIpc) is 3.07. The SMILES string of the molecule is COc1ccccc1C(NC(=O)C1CCC(N)C1)c1ccccc1. The van der Waals surface area contributed by atoms with Crippen LogP contribution >= 0.6 is 0 Å². The Balaban J connectivity index is 1.90. The Morgan fingerprint density at radius 2 is 1.83 bits per heavy atom. The van der Waals surface area contributed by atoms with Crippen LogP contribution in [0.1, 0.15) is 36.4 Å². The quantitative estimate of drug-likeness (QED) is 0.888. The molecule has 0 aromatic heterocycles. The van der Waals surface area contributed by atoms with Gasteiger partial charge in [-0.1, -0.05) is 48.5 Å². The average molecular weight is 324 g/mol. The van der Waals surface area contributed by atoms with Crippen LogP contribution in [0.3, 0.4) is 0 Å². The van der Waals surface area contributed by atoms with E-state index in [0.29, 0.717) is 0 Å². The molecule has 1 fully saturated rings. The third-order valence-electron chi connectivity index (χ3n) is 4.71. The Labute approximate surface area is 143 Å². The van der Waals surface area contributed by atoms with Gasteiger partial charge in [-0.3, -0.25) is 4.79 Å². The smallest absolute Gasteiger partial charge is 0.223 e. The molecule has 0 saturated heterocycles. The number of ether oxygens (including phenoxy) is 1. The Kier molecular flexibility index (Phi) is 5.16. The topological polar surface area (TPSA) is 64.3 Å². The minimum atomic E-state index is -0.230. The highest BCUT2D eigenvalue weighted by Gasteiger charge is 2.30. The summed E-state index contributed by atoms with van der Waals surface area (Å²) in [5.41, 5.74) is 7.96. The number of nitrogens with two attached hydrogens (primary N) is 1. The van der Waals surface area contributed by atoms with E-state index < -0.39 is 0 Å². The number of amides is 1. The number of para-hydroxylation sites is 1. The number of methoxy groups -OCH3 is 1. The Morgan fingerprint density at radius 3 is 2.50 bits per heavy atom. The van der Waals surface area contributed by atoms with Crippen LogP contribution in [0.2, 0.25) is 0 Å². The fourth-order valence-electron chi connectivity index (χ4n) is 3.41. The number of carbonyl (C=O) groups is 1. The van der Waals surface area contributed by atoms with Gasteiger partial charge in [0.15, 0.2) is 0 Å². The highest BCUT2D eigenvalue weighted by atomic mass is 16.5. The zero-order valence-electron chi connectivity index (χ0n) is 13.9. The minimum Gasteiger partial charge on any atom is -0.496 e. The van der Waals surface area contributed by atoms with Crippen molar-refractivity contribution in [3.05, 3.63) is 65.7 Å². The summed E-state index contributed by atoms with van der Waals surface area (Å²) in [4.78, 5) is 12.7. The lowest BCUT2D eigenvalue weighted by molar-refractivity contribution is -0.125. The van der Waals surface area contributed by atoms with Crippen molar-refractivity contribution in [1.29, 1.82) is 0 Å². The maximum absolute atomic E-state index is 12.7. The van der Waals surface area contributed by atoms with Crippen molar-refractivity contribution in [2.75, 3.05) is 7.11 Å². The van der Waals surface area contributed by atoms with Crippen molar-refractivity contribution in [3.8, 4) is 5.75 Å². The summed E-state index contributed by atoms with van der Waals surface area (Å²) in [6, 6.07) is 17.7. The van der Waals surface area contributed by atoms with E-state index in [0.717, 1.165) is 36.1 Å². The molecule has 0 radical (unpaired) electrons. The van der Waals surface area contributed by atoms with Crippen molar-refractivity contribution in [2.24, 2.45) is 11.7 Å². The van der Waals surface area contributed by atoms with E-state index in [2.05, 4.69) is 5.32 Å². The zero-order valence-corrected chi connectivity index (χ0v) is 13.9. The first-order valence-electron chi connectivity index (χ1n) is 8.43. The highest BCUT2D eigenvalue weighted by Crippen LogP contribution is 2.31. The zero-order chi connectivity index (χ0) is 16.9. The van der Waals surface area contributed by atoms with Crippen molar-refractivity contribution >= 4 is 5.91 Å². The van der Waals surface area contributed by atoms with Crippen LogP contribution in [0, 0.1) is 5.92 Å². The number of rotatable bonds is 5. The van der Waals surface area contributed by atoms with E-state index in [9.17, 15) is 4.79 Å². The lowest BCUT2D eigenvalue weighted by Gasteiger charge is -2.23. The fourth-order valence-corrected chi connectivity index (χ4v) is 3.41. The Bertz CT molecular complexity index is 687. The molecule has 1 aliphatic rings. The van der Waals surface area contributed by atoms with E-state index >= 15 is 0 Å². The summed E-state index contributed by atoms with van der Waals surface area (Å²) in [5.74, 6) is 0.846. The number of benzene rings is 2. The van der Waals surface area contributed by atoms with Crippen LogP contribution < -0.4 is 15.8 Å². The highest BCUT2D eigenvalue weighted by molar-refractivity contribution is 5.80. The van der Waals surface area contributed by atoms with Gasteiger partial charge in [0, 0.05) is 17.5 Å². The van der Waals surface area contributed by atoms with Gasteiger partial charge in [-0.15, -0.1) is 0 Å². The number of carbonyl (C=O) groups excluding carboxylic acids is 1. The van der Waals surface area contributed by atoms with Crippen molar-refractivity contribution < 1.29 is 9.53 Å². The Morgan fingerprint density at radius 1 is 1.12 bits per heavy atom. The monoisotopic (exact) mass is 324 g/mol. The van der Waals surface area contributed by atoms with Gasteiger partial charge in [-0.25, -0.2) is 0 Å². The molecule has 0 heterocycles. The van der Waals surface area contributed by atoms with E-state index in [4.69, 9.17) is 10.5 Å². The molecular weight excluding hydrogens is 300 g/mol. The maximum atomic E-state index is 12.7. The number of nitrogens with one attached hydrogen (secondary N) is 1. The van der Waals surface area contributed by atoms with Crippen molar-refractivity contribution in [3.63, 3.8) is 0 Å². The van der Waals surface area contributed by atoms with E-state index in [1.54, 1.807) is 7.11 Å². The Hall–Kier alpha value is -2.33. The molecule has 3 N–H and O–H groups in total. The van der Waals surface area contributed by atoms with Gasteiger partial charge in [-0.2, -0.15) is 0 Å². The van der Waals surface area contributed by atoms with Crippen molar-refractivity contribution in [1.82, 2.24) is 5.32 Å². The molecule has 0 spiro atoms. The van der Waals surface area contributed by atoms with Gasteiger partial charge in [0.2, 0.25) is 5.91 Å². The molecule has 1 amide bonds. The predicted octanol–water partition coefficient (Wildman–Crippen LogP) is 3.03. The number of hydrogen-bond acceptors (Lipinski definition) is 3. The molecule has 126 valence electrons. The van der Waals surface area contributed by atoms with Crippen LogP contribution in [0.4, 0.5) is 0 Å². The maximum Gasteiger partial charge on any atom is 0.223 e. The molecule has 4 nitrogen and oxygen atoms in total. The van der Waals surface area contributed by atoms with Crippen LogP contribution in [0.15, 0.2) is 54.6 Å². The lowest BCUT2D eigenvalue weighted by atomic mass is 9.96. The molecule has 3 rings (SSSR count). The minimum absolute atomic E-state index is 0.000851. The first kappa shape index (κ1) is 16.5. The van der Waals surface area contributed by atoms with Gasteiger partial charge >= 0.3 is 0 Å². The third-order valence-corrected chi connectivity index (χ3v) is 4.71. The van der Waals surface area contributed by atoms with E-state index in [1.807, 2.05) is 54.6 Å². The first-order chi connectivity index (χ1) is 11.7. The standard InChI is InChI=1S/C20H24N2O2/c1-24-18-10-6-5-9-17(18)19(14-7-3-2-4-8-14)22-20(23)15-11-12-16(21)13-15/h2-10,15-16,19H,11-13,21H2,1H3,(H,22,23). The summed E-state index contributed by atoms with van der Waals surface area (Å²) in [6.07, 6.45) is 2.54. The van der Waals surface area contributed by atoms with Crippen LogP contribution in [-0.2, 0) is 4.79 Å². The predicted molar refractivity (Wildman–Crippen MR) is 94.7 cm³/mol. The molecule has 2 aromatic rings. The molecule has 0 bridgehead atoms. The first-order valence-corrected chi connectivity index (χ1v) is 8.43. The molecule has 2 aromatic carbocycles. The summed E-state index contributed by atoms with van der Waals surface area (Å²) in [5, 5.41) is 3.21. The largest absolute Gasteiger partial charge is 0.496 e. The van der Waals surface area contributed by atoms with Gasteiger partial charge in [0.25, 0.3) is 0 Å². The second kappa shape index (κ2) is 7.49.